The number of guanidine groups is 1. The Hall–Kier alpha value is -3.09. The van der Waals surface area contributed by atoms with Crippen LogP contribution in [0.3, 0.4) is 0 Å². The van der Waals surface area contributed by atoms with Crippen LogP contribution in [0.2, 0.25) is 0 Å². The molecule has 3 amide bonds. The zero-order valence-corrected chi connectivity index (χ0v) is 18.9. The van der Waals surface area contributed by atoms with Crippen molar-refractivity contribution in [3.63, 3.8) is 0 Å². The Bertz CT molecular complexity index is 772. The highest BCUT2D eigenvalue weighted by Crippen LogP contribution is 2.28. The molecule has 0 aromatic carbocycles. The van der Waals surface area contributed by atoms with Gasteiger partial charge in [-0.1, -0.05) is 0 Å². The van der Waals surface area contributed by atoms with Crippen LogP contribution >= 0.6 is 12.4 Å². The number of carbonyl (C=O) groups is 5. The van der Waals surface area contributed by atoms with Crippen molar-refractivity contribution >= 4 is 48.0 Å². The van der Waals surface area contributed by atoms with Crippen molar-refractivity contribution in [2.45, 2.75) is 38.1 Å². The molecular weight excluding hydrogens is 460 g/mol. The summed E-state index contributed by atoms with van der Waals surface area (Å²) in [5.41, 5.74) is 5.28. The van der Waals surface area contributed by atoms with E-state index in [0.717, 1.165) is 22.6 Å². The zero-order chi connectivity index (χ0) is 23.8. The second kappa shape index (κ2) is 12.8. The average molecular weight is 491 g/mol. The first kappa shape index (κ1) is 27.9. The quantitative estimate of drug-likeness (QED) is 0.162. The summed E-state index contributed by atoms with van der Waals surface area (Å²) >= 11 is 0. The van der Waals surface area contributed by atoms with Crippen molar-refractivity contribution in [2.24, 2.45) is 17.6 Å². The third kappa shape index (κ3) is 8.40. The van der Waals surface area contributed by atoms with Crippen LogP contribution in [0.4, 0.5) is 0 Å². The highest BCUT2D eigenvalue weighted by atomic mass is 35.5. The predicted octanol–water partition coefficient (Wildman–Crippen LogP) is -1.59. The third-order valence-corrected chi connectivity index (χ3v) is 5.81. The first-order chi connectivity index (χ1) is 15.1. The molecule has 2 fully saturated rings. The molecule has 7 N–H and O–H groups in total. The Balaban J connectivity index is 0.00000544. The molecule has 1 aliphatic carbocycles. The van der Waals surface area contributed by atoms with Gasteiger partial charge in [-0.15, -0.1) is 12.4 Å². The van der Waals surface area contributed by atoms with Gasteiger partial charge >= 0.3 is 11.9 Å². The lowest BCUT2D eigenvalue weighted by molar-refractivity contribution is -0.158. The molecule has 2 aliphatic rings. The molecule has 0 aromatic rings. The second-order valence-corrected chi connectivity index (χ2v) is 8.08. The molecule has 1 aliphatic heterocycles. The summed E-state index contributed by atoms with van der Waals surface area (Å²) in [6, 6.07) is -1.31. The molecule has 1 atom stereocenters. The number of halogens is 1. The van der Waals surface area contributed by atoms with Crippen LogP contribution in [0.1, 0.15) is 32.1 Å². The highest BCUT2D eigenvalue weighted by molar-refractivity contribution is 5.94. The van der Waals surface area contributed by atoms with Gasteiger partial charge in [0.15, 0.2) is 5.96 Å². The lowest BCUT2D eigenvalue weighted by atomic mass is 9.81. The van der Waals surface area contributed by atoms with Crippen molar-refractivity contribution in [3.8, 4) is 0 Å². The molecule has 14 heteroatoms. The van der Waals surface area contributed by atoms with E-state index in [1.54, 1.807) is 0 Å². The fourth-order valence-corrected chi connectivity index (χ4v) is 4.11. The number of rotatable bonds is 9. The molecule has 33 heavy (non-hydrogen) atoms. The van der Waals surface area contributed by atoms with Crippen molar-refractivity contribution in [3.05, 3.63) is 0 Å². The van der Waals surface area contributed by atoms with E-state index in [4.69, 9.17) is 21.4 Å². The zero-order valence-electron chi connectivity index (χ0n) is 18.1. The van der Waals surface area contributed by atoms with Crippen LogP contribution < -0.4 is 16.4 Å². The summed E-state index contributed by atoms with van der Waals surface area (Å²) < 4.78 is 0. The maximum atomic E-state index is 12.6. The topological polar surface area (TPSA) is 206 Å². The third-order valence-electron chi connectivity index (χ3n) is 5.81. The average Bonchev–Trinajstić information content (AvgIpc) is 2.73. The molecule has 1 saturated heterocycles. The fraction of sp³-hybridized carbons (Fsp3) is 0.684. The van der Waals surface area contributed by atoms with E-state index in [9.17, 15) is 24.0 Å². The van der Waals surface area contributed by atoms with Crippen LogP contribution in [0.25, 0.3) is 0 Å². The highest BCUT2D eigenvalue weighted by Gasteiger charge is 2.39. The summed E-state index contributed by atoms with van der Waals surface area (Å²) in [6.07, 6.45) is 2.20. The van der Waals surface area contributed by atoms with Crippen LogP contribution in [0.5, 0.6) is 0 Å². The lowest BCUT2D eigenvalue weighted by Crippen LogP contribution is -2.61. The number of hydrogen-bond acceptors (Lipinski definition) is 6. The standard InChI is InChI=1S/C19H30N6O7.ClH/c20-19(21)23-8-11-1-3-12(4-2-11)17(31)22-9-14(26)25-6-5-24(10-16(29)30)18(32)13(25)7-15(27)28;/h11-13H,1-10H2,(H,22,31)(H,27,28)(H,29,30)(H4,20,21,23);1H/t11-,12-,13-;/m0./s1. The monoisotopic (exact) mass is 490 g/mol. The minimum atomic E-state index is -1.31. The number of nitrogens with zero attached hydrogens (tertiary/aromatic N) is 2. The number of nitrogens with one attached hydrogen (secondary N) is 3. The number of nitrogens with two attached hydrogens (primary N) is 1. The summed E-state index contributed by atoms with van der Waals surface area (Å²) in [5.74, 6) is -4.15. The minimum Gasteiger partial charge on any atom is -0.481 e. The van der Waals surface area contributed by atoms with Crippen molar-refractivity contribution in [1.29, 1.82) is 5.41 Å². The second-order valence-electron chi connectivity index (χ2n) is 8.08. The molecular formula is C19H31ClN6O7. The maximum Gasteiger partial charge on any atom is 0.323 e. The SMILES string of the molecule is Cl.N=C(N)NC[C@H]1CC[C@H](C(=O)NCC(=O)N2CCN(CC(=O)O)C(=O)[C@@H]2CC(=O)O)CC1. The number of carboxylic acid groups (broad SMARTS) is 2. The van der Waals surface area contributed by atoms with Gasteiger partial charge in [-0.2, -0.15) is 0 Å². The predicted molar refractivity (Wildman–Crippen MR) is 118 cm³/mol. The number of hydrogen-bond donors (Lipinski definition) is 6. The van der Waals surface area contributed by atoms with Gasteiger partial charge in [-0.05, 0) is 31.6 Å². The minimum absolute atomic E-state index is 0. The number of carbonyl (C=O) groups excluding carboxylic acids is 3. The van der Waals surface area contributed by atoms with Gasteiger partial charge in [0.2, 0.25) is 17.7 Å². The van der Waals surface area contributed by atoms with Gasteiger partial charge in [0.1, 0.15) is 12.6 Å². The Kier molecular flexibility index (Phi) is 10.9. The molecule has 186 valence electrons. The van der Waals surface area contributed by atoms with E-state index in [0.29, 0.717) is 25.3 Å². The van der Waals surface area contributed by atoms with E-state index < -0.39 is 42.8 Å². The molecule has 0 unspecified atom stereocenters. The Morgan fingerprint density at radius 3 is 2.21 bits per heavy atom. The maximum absolute atomic E-state index is 12.6. The molecule has 0 aromatic heterocycles. The van der Waals surface area contributed by atoms with E-state index in [2.05, 4.69) is 10.6 Å². The Labute approximate surface area is 196 Å². The van der Waals surface area contributed by atoms with Gasteiger partial charge in [0.05, 0.1) is 13.0 Å². The largest absolute Gasteiger partial charge is 0.481 e. The van der Waals surface area contributed by atoms with Crippen molar-refractivity contribution in [1.82, 2.24) is 20.4 Å². The molecule has 13 nitrogen and oxygen atoms in total. The van der Waals surface area contributed by atoms with Gasteiger partial charge in [0, 0.05) is 25.6 Å². The molecule has 2 rings (SSSR count). The summed E-state index contributed by atoms with van der Waals surface area (Å²) in [4.78, 5) is 61.8. The van der Waals surface area contributed by atoms with Gasteiger partial charge in [-0.25, -0.2) is 0 Å². The van der Waals surface area contributed by atoms with E-state index in [-0.39, 0.29) is 49.8 Å². The normalized spacial score (nSPS) is 22.7. The summed E-state index contributed by atoms with van der Waals surface area (Å²) in [5, 5.41) is 30.6. The lowest BCUT2D eigenvalue weighted by Gasteiger charge is -2.39. The van der Waals surface area contributed by atoms with Crippen LogP contribution in [-0.4, -0.2) is 94.4 Å². The molecule has 1 heterocycles. The number of carboxylic acids is 2. The first-order valence-corrected chi connectivity index (χ1v) is 10.5. The molecule has 1 saturated carbocycles. The van der Waals surface area contributed by atoms with Gasteiger partial charge < -0.3 is 36.4 Å². The number of amides is 3. The van der Waals surface area contributed by atoms with E-state index in [1.807, 2.05) is 0 Å². The van der Waals surface area contributed by atoms with Crippen LogP contribution in [0.15, 0.2) is 0 Å². The molecule has 0 bridgehead atoms. The summed E-state index contributed by atoms with van der Waals surface area (Å²) in [7, 11) is 0. The van der Waals surface area contributed by atoms with Crippen molar-refractivity contribution < 1.29 is 34.2 Å². The molecule has 0 radical (unpaired) electrons. The van der Waals surface area contributed by atoms with Gasteiger partial charge in [-0.3, -0.25) is 29.4 Å². The van der Waals surface area contributed by atoms with Crippen LogP contribution in [0, 0.1) is 17.2 Å². The first-order valence-electron chi connectivity index (χ1n) is 10.5. The summed E-state index contributed by atoms with van der Waals surface area (Å²) in [6.45, 7) is -0.403. The van der Waals surface area contributed by atoms with Crippen molar-refractivity contribution in [2.75, 3.05) is 32.7 Å². The Morgan fingerprint density at radius 1 is 1.03 bits per heavy atom. The number of aliphatic carboxylic acids is 2. The number of piperazine rings is 1. The van der Waals surface area contributed by atoms with Crippen LogP contribution in [-0.2, 0) is 24.0 Å². The fourth-order valence-electron chi connectivity index (χ4n) is 4.11. The molecule has 0 spiro atoms. The Morgan fingerprint density at radius 2 is 1.67 bits per heavy atom. The van der Waals surface area contributed by atoms with Gasteiger partial charge in [0.25, 0.3) is 0 Å². The van der Waals surface area contributed by atoms with E-state index >= 15 is 0 Å². The smallest absolute Gasteiger partial charge is 0.323 e. The van der Waals surface area contributed by atoms with E-state index in [1.165, 1.54) is 0 Å².